The predicted octanol–water partition coefficient (Wildman–Crippen LogP) is 5.23. The molecule has 1 fully saturated rings. The Balaban J connectivity index is 1.81. The molecule has 4 aromatic rings. The van der Waals surface area contributed by atoms with Gasteiger partial charge in [0.2, 0.25) is 0 Å². The van der Waals surface area contributed by atoms with Crippen LogP contribution < -0.4 is 0 Å². The molecule has 1 aromatic carbocycles. The second kappa shape index (κ2) is 9.18. The van der Waals surface area contributed by atoms with Crippen molar-refractivity contribution in [2.75, 3.05) is 20.8 Å². The number of aliphatic carboxylic acids is 1. The molecule has 0 amide bonds. The van der Waals surface area contributed by atoms with E-state index in [1.165, 1.54) is 13.2 Å². The molecule has 0 unspecified atom stereocenters. The summed E-state index contributed by atoms with van der Waals surface area (Å²) in [6.07, 6.45) is 3.49. The summed E-state index contributed by atoms with van der Waals surface area (Å²) < 4.78 is 41.4. The van der Waals surface area contributed by atoms with Gasteiger partial charge in [-0.3, -0.25) is 5.10 Å². The van der Waals surface area contributed by atoms with Gasteiger partial charge in [-0.2, -0.15) is 5.10 Å². The fraction of sp³-hybridized carbons (Fsp3) is 0.444. The molecule has 10 heteroatoms. The Morgan fingerprint density at radius 3 is 2.57 bits per heavy atom. The van der Waals surface area contributed by atoms with Crippen molar-refractivity contribution in [3.8, 4) is 5.69 Å². The molecule has 2 N–H and O–H groups in total. The van der Waals surface area contributed by atoms with Crippen LogP contribution in [0.15, 0.2) is 30.5 Å². The normalized spacial score (nSPS) is 20.6. The summed E-state index contributed by atoms with van der Waals surface area (Å²) in [4.78, 5) is 16.9. The van der Waals surface area contributed by atoms with Crippen LogP contribution in [0.3, 0.4) is 0 Å². The maximum absolute atomic E-state index is 14.5. The lowest BCUT2D eigenvalue weighted by atomic mass is 9.73. The van der Waals surface area contributed by atoms with E-state index in [2.05, 4.69) is 10.2 Å². The highest BCUT2D eigenvalue weighted by Crippen LogP contribution is 2.47. The molecular weight excluding hydrogens is 482 g/mol. The fourth-order valence-electron chi connectivity index (χ4n) is 5.84. The first-order chi connectivity index (χ1) is 17.6. The van der Waals surface area contributed by atoms with E-state index in [9.17, 15) is 18.7 Å². The number of nitrogens with zero attached hydrogens (tertiary/aromatic N) is 3. The number of carboxylic acids is 1. The van der Waals surface area contributed by atoms with Crippen LogP contribution in [-0.4, -0.2) is 57.3 Å². The molecule has 0 aliphatic heterocycles. The molecule has 1 aliphatic rings. The van der Waals surface area contributed by atoms with E-state index in [0.29, 0.717) is 49.1 Å². The number of hydrogen-bond acceptors (Lipinski definition) is 5. The van der Waals surface area contributed by atoms with Gasteiger partial charge >= 0.3 is 5.97 Å². The number of benzene rings is 1. The Morgan fingerprint density at radius 1 is 1.22 bits per heavy atom. The maximum Gasteiger partial charge on any atom is 0.335 e. The van der Waals surface area contributed by atoms with Crippen molar-refractivity contribution in [2.24, 2.45) is 0 Å². The van der Waals surface area contributed by atoms with Crippen LogP contribution in [0.25, 0.3) is 27.8 Å². The standard InChI is InChI=1S/C27H30F2N4O4/c1-26(2,14-36-3)23-21(15-7-9-27(37-4,10-8-15)25(34)35)22-20(11-16-13-30-32-24(16)31-22)33(23)17-5-6-18(28)19(29)12-17/h5-6,11-13,15H,7-10,14H2,1-4H3,(H,34,35)(H,30,31,32)/t15-,27+. The number of hydrogen-bond donors (Lipinski definition) is 2. The van der Waals surface area contributed by atoms with E-state index in [4.69, 9.17) is 14.5 Å². The van der Waals surface area contributed by atoms with Crippen LogP contribution in [0.4, 0.5) is 8.78 Å². The molecule has 196 valence electrons. The van der Waals surface area contributed by atoms with Crippen molar-refractivity contribution in [1.82, 2.24) is 19.7 Å². The fourth-order valence-corrected chi connectivity index (χ4v) is 5.84. The zero-order valence-corrected chi connectivity index (χ0v) is 21.3. The Labute approximate surface area is 212 Å². The van der Waals surface area contributed by atoms with Crippen LogP contribution >= 0.6 is 0 Å². The van der Waals surface area contributed by atoms with Crippen molar-refractivity contribution in [3.63, 3.8) is 0 Å². The first kappa shape index (κ1) is 25.3. The average Bonchev–Trinajstić information content (AvgIpc) is 3.46. The number of rotatable bonds is 7. The molecule has 0 radical (unpaired) electrons. The smallest absolute Gasteiger partial charge is 0.335 e. The van der Waals surface area contributed by atoms with E-state index in [-0.39, 0.29) is 5.92 Å². The third-order valence-electron chi connectivity index (χ3n) is 7.67. The summed E-state index contributed by atoms with van der Waals surface area (Å²) in [6, 6.07) is 5.80. The molecule has 1 saturated carbocycles. The topological polar surface area (TPSA) is 102 Å². The number of pyridine rings is 1. The minimum Gasteiger partial charge on any atom is -0.479 e. The van der Waals surface area contributed by atoms with Crippen molar-refractivity contribution in [1.29, 1.82) is 0 Å². The number of aromatic amines is 1. The molecule has 8 nitrogen and oxygen atoms in total. The zero-order chi connectivity index (χ0) is 26.5. The largest absolute Gasteiger partial charge is 0.479 e. The van der Waals surface area contributed by atoms with E-state index in [1.807, 2.05) is 24.5 Å². The number of carbonyl (C=O) groups is 1. The molecule has 3 heterocycles. The van der Waals surface area contributed by atoms with Crippen molar-refractivity contribution >= 4 is 28.0 Å². The number of halogens is 2. The van der Waals surface area contributed by atoms with Crippen molar-refractivity contribution in [2.45, 2.75) is 56.5 Å². The van der Waals surface area contributed by atoms with Gasteiger partial charge in [0.15, 0.2) is 22.9 Å². The quantitative estimate of drug-likeness (QED) is 0.352. The highest BCUT2D eigenvalue weighted by Gasteiger charge is 2.45. The Bertz CT molecular complexity index is 1480. The lowest BCUT2D eigenvalue weighted by Gasteiger charge is -2.37. The van der Waals surface area contributed by atoms with Crippen molar-refractivity contribution in [3.05, 3.63) is 53.4 Å². The molecule has 0 saturated heterocycles. The first-order valence-electron chi connectivity index (χ1n) is 12.2. The number of aromatic nitrogens is 4. The Hall–Kier alpha value is -3.37. The molecular formula is C27H30F2N4O4. The van der Waals surface area contributed by atoms with Gasteiger partial charge in [-0.25, -0.2) is 18.6 Å². The van der Waals surface area contributed by atoms with Crippen LogP contribution in [0, 0.1) is 11.6 Å². The molecule has 1 aliphatic carbocycles. The van der Waals surface area contributed by atoms with E-state index in [0.717, 1.165) is 28.2 Å². The monoisotopic (exact) mass is 512 g/mol. The molecule has 3 aromatic heterocycles. The van der Waals surface area contributed by atoms with E-state index < -0.39 is 28.6 Å². The van der Waals surface area contributed by atoms with Crippen LogP contribution in [0.2, 0.25) is 0 Å². The first-order valence-corrected chi connectivity index (χ1v) is 12.2. The van der Waals surface area contributed by atoms with Gasteiger partial charge < -0.3 is 19.1 Å². The lowest BCUT2D eigenvalue weighted by Crippen LogP contribution is -2.43. The van der Waals surface area contributed by atoms with E-state index >= 15 is 0 Å². The van der Waals surface area contributed by atoms with Crippen molar-refractivity contribution < 1.29 is 28.2 Å². The number of ether oxygens (including phenoxy) is 2. The van der Waals surface area contributed by atoms with Gasteiger partial charge in [0, 0.05) is 48.0 Å². The zero-order valence-electron chi connectivity index (χ0n) is 21.3. The molecule has 5 rings (SSSR count). The summed E-state index contributed by atoms with van der Waals surface area (Å²) in [5.74, 6) is -2.87. The second-order valence-electron chi connectivity index (χ2n) is 10.5. The minimum absolute atomic E-state index is 0.0318. The molecule has 0 bridgehead atoms. The van der Waals surface area contributed by atoms with Gasteiger partial charge in [0.25, 0.3) is 0 Å². The summed E-state index contributed by atoms with van der Waals surface area (Å²) in [5.41, 5.74) is 2.57. The Kier molecular flexibility index (Phi) is 6.27. The van der Waals surface area contributed by atoms with Gasteiger partial charge in [0.1, 0.15) is 0 Å². The van der Waals surface area contributed by atoms with E-state index in [1.54, 1.807) is 19.4 Å². The third-order valence-corrected chi connectivity index (χ3v) is 7.67. The number of methoxy groups -OCH3 is 2. The number of carboxylic acid groups (broad SMARTS) is 1. The molecule has 0 spiro atoms. The SMILES string of the molecule is COCC(C)(C)c1c([C@H]2CC[C@](OC)(C(=O)O)CC2)c2nc3[nH]ncc3cc2n1-c1ccc(F)c(F)c1. The number of H-pyrrole nitrogens is 1. The predicted molar refractivity (Wildman–Crippen MR) is 134 cm³/mol. The van der Waals surface area contributed by atoms with Crippen LogP contribution in [-0.2, 0) is 19.7 Å². The molecule has 37 heavy (non-hydrogen) atoms. The number of fused-ring (bicyclic) bond motifs is 2. The molecule has 0 atom stereocenters. The van der Waals surface area contributed by atoms with Crippen LogP contribution in [0.1, 0.15) is 56.7 Å². The summed E-state index contributed by atoms with van der Waals surface area (Å²) in [7, 11) is 3.06. The summed E-state index contributed by atoms with van der Waals surface area (Å²) >= 11 is 0. The maximum atomic E-state index is 14.5. The van der Waals surface area contributed by atoms with Gasteiger partial charge in [-0.15, -0.1) is 0 Å². The average molecular weight is 513 g/mol. The number of nitrogens with one attached hydrogen (secondary N) is 1. The summed E-state index contributed by atoms with van der Waals surface area (Å²) in [5, 5.41) is 17.7. The van der Waals surface area contributed by atoms with Gasteiger partial charge in [-0.1, -0.05) is 13.8 Å². The highest BCUT2D eigenvalue weighted by atomic mass is 19.2. The summed E-state index contributed by atoms with van der Waals surface area (Å²) in [6.45, 7) is 4.44. The third kappa shape index (κ3) is 4.08. The van der Waals surface area contributed by atoms with Gasteiger partial charge in [-0.05, 0) is 49.8 Å². The van der Waals surface area contributed by atoms with Gasteiger partial charge in [0.05, 0.1) is 23.8 Å². The minimum atomic E-state index is -1.22. The van der Waals surface area contributed by atoms with Crippen LogP contribution in [0.5, 0.6) is 0 Å². The lowest BCUT2D eigenvalue weighted by molar-refractivity contribution is -0.166. The Morgan fingerprint density at radius 2 is 1.95 bits per heavy atom. The second-order valence-corrected chi connectivity index (χ2v) is 10.5. The highest BCUT2D eigenvalue weighted by molar-refractivity contribution is 5.94.